The van der Waals surface area contributed by atoms with E-state index in [4.69, 9.17) is 4.74 Å². The van der Waals surface area contributed by atoms with E-state index in [9.17, 15) is 0 Å². The largest absolute Gasteiger partial charge is 0.381 e. The van der Waals surface area contributed by atoms with Gasteiger partial charge in [-0.2, -0.15) is 0 Å². The number of anilines is 1. The number of aryl methyl sites for hydroxylation is 2. The minimum atomic E-state index is 0.520. The van der Waals surface area contributed by atoms with Crippen LogP contribution in [-0.4, -0.2) is 28.8 Å². The zero-order valence-electron chi connectivity index (χ0n) is 10.2. The van der Waals surface area contributed by atoms with Gasteiger partial charge in [-0.15, -0.1) is 0 Å². The summed E-state index contributed by atoms with van der Waals surface area (Å²) in [5.41, 5.74) is 1.09. The van der Waals surface area contributed by atoms with Crippen LogP contribution in [0, 0.1) is 6.92 Å². The molecule has 0 spiro atoms. The van der Waals surface area contributed by atoms with Gasteiger partial charge in [0.05, 0.1) is 5.69 Å². The Morgan fingerprint density at radius 3 is 2.94 bits per heavy atom. The molecule has 0 aliphatic carbocycles. The fourth-order valence-corrected chi connectivity index (χ4v) is 2.10. The molecule has 2 rings (SSSR count). The van der Waals surface area contributed by atoms with E-state index in [1.165, 1.54) is 0 Å². The van der Waals surface area contributed by atoms with Gasteiger partial charge in [0.25, 0.3) is 0 Å². The quantitative estimate of drug-likeness (QED) is 0.850. The van der Waals surface area contributed by atoms with Crippen LogP contribution in [0.15, 0.2) is 6.20 Å². The number of imidazole rings is 1. The summed E-state index contributed by atoms with van der Waals surface area (Å²) in [4.78, 5) is 4.53. The molecule has 1 fully saturated rings. The summed E-state index contributed by atoms with van der Waals surface area (Å²) in [5, 5.41) is 3.53. The van der Waals surface area contributed by atoms with Gasteiger partial charge in [-0.25, -0.2) is 4.98 Å². The lowest BCUT2D eigenvalue weighted by Gasteiger charge is -2.23. The molecule has 1 aromatic heterocycles. The Bertz CT molecular complexity index is 329. The molecule has 0 aromatic carbocycles. The number of hydrogen-bond acceptors (Lipinski definition) is 3. The topological polar surface area (TPSA) is 39.1 Å². The second-order valence-electron chi connectivity index (χ2n) is 4.43. The molecule has 1 aliphatic rings. The van der Waals surface area contributed by atoms with Crippen molar-refractivity contribution in [3.63, 3.8) is 0 Å². The first kappa shape index (κ1) is 11.5. The maximum atomic E-state index is 5.35. The fraction of sp³-hybridized carbons (Fsp3) is 0.750. The minimum Gasteiger partial charge on any atom is -0.381 e. The first-order valence-corrected chi connectivity index (χ1v) is 6.17. The molecule has 0 bridgehead atoms. The van der Waals surface area contributed by atoms with Gasteiger partial charge < -0.3 is 14.6 Å². The lowest BCUT2D eigenvalue weighted by Crippen LogP contribution is -2.29. The monoisotopic (exact) mass is 223 g/mol. The molecule has 0 amide bonds. The Balaban J connectivity index is 2.01. The van der Waals surface area contributed by atoms with Gasteiger partial charge in [0, 0.05) is 32.0 Å². The maximum absolute atomic E-state index is 5.35. The van der Waals surface area contributed by atoms with Gasteiger partial charge in [0.15, 0.2) is 0 Å². The first-order valence-electron chi connectivity index (χ1n) is 6.17. The van der Waals surface area contributed by atoms with Crippen molar-refractivity contribution in [3.05, 3.63) is 11.9 Å². The van der Waals surface area contributed by atoms with Crippen molar-refractivity contribution in [3.8, 4) is 0 Å². The van der Waals surface area contributed by atoms with Crippen LogP contribution >= 0.6 is 0 Å². The normalized spacial score (nSPS) is 17.6. The van der Waals surface area contributed by atoms with Gasteiger partial charge >= 0.3 is 0 Å². The maximum Gasteiger partial charge on any atom is 0.203 e. The Morgan fingerprint density at radius 2 is 2.25 bits per heavy atom. The molecule has 0 atom stereocenters. The van der Waals surface area contributed by atoms with Crippen LogP contribution in [0.1, 0.15) is 31.9 Å². The first-order chi connectivity index (χ1) is 7.79. The van der Waals surface area contributed by atoms with Crippen LogP contribution in [0.5, 0.6) is 0 Å². The van der Waals surface area contributed by atoms with Crippen molar-refractivity contribution in [2.75, 3.05) is 18.5 Å². The zero-order chi connectivity index (χ0) is 11.4. The number of nitrogens with zero attached hydrogens (tertiary/aromatic N) is 2. The van der Waals surface area contributed by atoms with Crippen LogP contribution in [-0.2, 0) is 11.3 Å². The molecule has 2 heterocycles. The summed E-state index contributed by atoms with van der Waals surface area (Å²) in [6, 6.07) is 0.520. The second-order valence-corrected chi connectivity index (χ2v) is 4.43. The summed E-state index contributed by atoms with van der Waals surface area (Å²) in [6.45, 7) is 7.00. The smallest absolute Gasteiger partial charge is 0.203 e. The van der Waals surface area contributed by atoms with Crippen LogP contribution in [0.4, 0.5) is 5.95 Å². The average molecular weight is 223 g/mol. The van der Waals surface area contributed by atoms with Gasteiger partial charge in [-0.1, -0.05) is 6.92 Å². The molecule has 4 heteroatoms. The van der Waals surface area contributed by atoms with Gasteiger partial charge in [0.1, 0.15) is 0 Å². The predicted molar refractivity (Wildman–Crippen MR) is 64.7 cm³/mol. The van der Waals surface area contributed by atoms with Crippen LogP contribution < -0.4 is 5.32 Å². The molecule has 0 saturated carbocycles. The molecule has 4 nitrogen and oxygen atoms in total. The van der Waals surface area contributed by atoms with E-state index in [1.54, 1.807) is 0 Å². The molecule has 0 unspecified atom stereocenters. The molecule has 0 radical (unpaired) electrons. The van der Waals surface area contributed by atoms with E-state index in [-0.39, 0.29) is 0 Å². The third-order valence-electron chi connectivity index (χ3n) is 2.92. The third-order valence-corrected chi connectivity index (χ3v) is 2.92. The highest BCUT2D eigenvalue weighted by atomic mass is 16.5. The number of hydrogen-bond donors (Lipinski definition) is 1. The molecule has 1 N–H and O–H groups in total. The standard InChI is InChI=1S/C12H21N3O/c1-3-6-15-9-10(2)13-12(15)14-11-4-7-16-8-5-11/h9,11H,3-8H2,1-2H3,(H,13,14). The number of nitrogens with one attached hydrogen (secondary N) is 1. The fourth-order valence-electron chi connectivity index (χ4n) is 2.10. The van der Waals surface area contributed by atoms with Gasteiger partial charge in [-0.05, 0) is 26.2 Å². The molecule has 90 valence electrons. The highest BCUT2D eigenvalue weighted by Crippen LogP contribution is 2.15. The lowest BCUT2D eigenvalue weighted by molar-refractivity contribution is 0.0902. The molecule has 1 saturated heterocycles. The number of ether oxygens (including phenoxy) is 1. The lowest BCUT2D eigenvalue weighted by atomic mass is 10.1. The Kier molecular flexibility index (Phi) is 3.83. The molecule has 1 aliphatic heterocycles. The zero-order valence-corrected chi connectivity index (χ0v) is 10.2. The Morgan fingerprint density at radius 1 is 1.50 bits per heavy atom. The predicted octanol–water partition coefficient (Wildman–Crippen LogP) is 2.19. The van der Waals surface area contributed by atoms with E-state index in [0.29, 0.717) is 6.04 Å². The van der Waals surface area contributed by atoms with E-state index in [1.807, 2.05) is 6.92 Å². The molecular formula is C12H21N3O. The van der Waals surface area contributed by atoms with Crippen LogP contribution in [0.3, 0.4) is 0 Å². The Labute approximate surface area is 97.0 Å². The summed E-state index contributed by atoms with van der Waals surface area (Å²) in [7, 11) is 0. The van der Waals surface area contributed by atoms with Crippen molar-refractivity contribution in [2.45, 2.75) is 45.7 Å². The second kappa shape index (κ2) is 5.34. The Hall–Kier alpha value is -1.03. The van der Waals surface area contributed by atoms with Crippen LogP contribution in [0.25, 0.3) is 0 Å². The van der Waals surface area contributed by atoms with Gasteiger partial charge in [0.2, 0.25) is 5.95 Å². The van der Waals surface area contributed by atoms with E-state index >= 15 is 0 Å². The minimum absolute atomic E-state index is 0.520. The van der Waals surface area contributed by atoms with Crippen molar-refractivity contribution < 1.29 is 4.74 Å². The summed E-state index contributed by atoms with van der Waals surface area (Å²) in [6.07, 6.45) is 5.42. The molecule has 1 aromatic rings. The SMILES string of the molecule is CCCn1cc(C)nc1NC1CCOCC1. The highest BCUT2D eigenvalue weighted by Gasteiger charge is 2.15. The summed E-state index contributed by atoms with van der Waals surface area (Å²) < 4.78 is 7.57. The van der Waals surface area contributed by atoms with Crippen molar-refractivity contribution in [1.29, 1.82) is 0 Å². The molecule has 16 heavy (non-hydrogen) atoms. The van der Waals surface area contributed by atoms with E-state index < -0.39 is 0 Å². The number of aromatic nitrogens is 2. The van der Waals surface area contributed by atoms with E-state index in [2.05, 4.69) is 28.0 Å². The van der Waals surface area contributed by atoms with E-state index in [0.717, 1.165) is 50.7 Å². The number of rotatable bonds is 4. The van der Waals surface area contributed by atoms with Crippen molar-refractivity contribution in [1.82, 2.24) is 9.55 Å². The van der Waals surface area contributed by atoms with Gasteiger partial charge in [-0.3, -0.25) is 0 Å². The molecular weight excluding hydrogens is 202 g/mol. The summed E-state index contributed by atoms with van der Waals surface area (Å²) >= 11 is 0. The van der Waals surface area contributed by atoms with Crippen molar-refractivity contribution >= 4 is 5.95 Å². The summed E-state index contributed by atoms with van der Waals surface area (Å²) in [5.74, 6) is 1.02. The third kappa shape index (κ3) is 2.76. The highest BCUT2D eigenvalue weighted by molar-refractivity contribution is 5.30. The average Bonchev–Trinajstić information content (AvgIpc) is 2.61. The van der Waals surface area contributed by atoms with Crippen molar-refractivity contribution in [2.24, 2.45) is 0 Å². The van der Waals surface area contributed by atoms with Crippen LogP contribution in [0.2, 0.25) is 0 Å².